The van der Waals surface area contributed by atoms with Gasteiger partial charge in [-0.05, 0) is 25.9 Å². The normalized spacial score (nSPS) is 17.2. The molecule has 1 aliphatic heterocycles. The fraction of sp³-hybridized carbons (Fsp3) is 0.636. The van der Waals surface area contributed by atoms with Gasteiger partial charge in [0.05, 0.1) is 11.6 Å². The third-order valence-corrected chi connectivity index (χ3v) is 3.29. The van der Waals surface area contributed by atoms with Crippen molar-refractivity contribution in [2.75, 3.05) is 19.6 Å². The number of aromatic carboxylic acids is 1. The lowest BCUT2D eigenvalue weighted by Gasteiger charge is -2.26. The van der Waals surface area contributed by atoms with E-state index in [2.05, 4.69) is 10.00 Å². The second-order valence-electron chi connectivity index (χ2n) is 4.30. The van der Waals surface area contributed by atoms with Crippen LogP contribution in [-0.2, 0) is 6.54 Å². The predicted octanol–water partition coefficient (Wildman–Crippen LogP) is 1.72. The van der Waals surface area contributed by atoms with Crippen molar-refractivity contribution in [2.45, 2.75) is 25.8 Å². The van der Waals surface area contributed by atoms with Crippen LogP contribution in [0.3, 0.4) is 0 Å². The van der Waals surface area contributed by atoms with Crippen molar-refractivity contribution in [3.05, 3.63) is 16.9 Å². The number of piperidine rings is 1. The van der Waals surface area contributed by atoms with Gasteiger partial charge < -0.3 is 10.0 Å². The summed E-state index contributed by atoms with van der Waals surface area (Å²) < 4.78 is 1.61. The zero-order valence-corrected chi connectivity index (χ0v) is 10.4. The summed E-state index contributed by atoms with van der Waals surface area (Å²) in [7, 11) is 0. The number of carboxylic acids is 1. The summed E-state index contributed by atoms with van der Waals surface area (Å²) in [5.41, 5.74) is -0.0645. The van der Waals surface area contributed by atoms with Crippen LogP contribution in [0.2, 0.25) is 5.02 Å². The number of hydrogen-bond donors (Lipinski definition) is 1. The maximum Gasteiger partial charge on any atom is 0.357 e. The van der Waals surface area contributed by atoms with Crippen LogP contribution < -0.4 is 0 Å². The van der Waals surface area contributed by atoms with Crippen molar-refractivity contribution < 1.29 is 9.90 Å². The molecule has 0 spiro atoms. The molecule has 0 amide bonds. The second kappa shape index (κ2) is 5.51. The molecule has 1 aromatic heterocycles. The SMILES string of the molecule is O=C(O)c1nn(CCN2CCCCC2)cc1Cl. The maximum atomic E-state index is 10.8. The largest absolute Gasteiger partial charge is 0.476 e. The van der Waals surface area contributed by atoms with Gasteiger partial charge in [0.2, 0.25) is 0 Å². The van der Waals surface area contributed by atoms with Crippen LogP contribution >= 0.6 is 11.6 Å². The van der Waals surface area contributed by atoms with E-state index < -0.39 is 5.97 Å². The van der Waals surface area contributed by atoms with Crippen LogP contribution in [0.25, 0.3) is 0 Å². The molecule has 2 heterocycles. The van der Waals surface area contributed by atoms with E-state index in [1.807, 2.05) is 0 Å². The van der Waals surface area contributed by atoms with E-state index in [9.17, 15) is 4.79 Å². The van der Waals surface area contributed by atoms with E-state index in [4.69, 9.17) is 16.7 Å². The van der Waals surface area contributed by atoms with Gasteiger partial charge in [0, 0.05) is 12.7 Å². The highest BCUT2D eigenvalue weighted by Gasteiger charge is 2.15. The third-order valence-electron chi connectivity index (χ3n) is 3.01. The first-order valence-electron chi connectivity index (χ1n) is 5.85. The zero-order chi connectivity index (χ0) is 12.3. The Labute approximate surface area is 105 Å². The van der Waals surface area contributed by atoms with Gasteiger partial charge in [-0.3, -0.25) is 4.68 Å². The van der Waals surface area contributed by atoms with E-state index in [0.717, 1.165) is 19.6 Å². The fourth-order valence-electron chi connectivity index (χ4n) is 2.08. The molecule has 94 valence electrons. The molecule has 1 fully saturated rings. The molecule has 0 bridgehead atoms. The summed E-state index contributed by atoms with van der Waals surface area (Å²) in [6.07, 6.45) is 5.39. The van der Waals surface area contributed by atoms with E-state index in [1.165, 1.54) is 19.3 Å². The van der Waals surface area contributed by atoms with Gasteiger partial charge in [0.25, 0.3) is 0 Å². The molecule has 1 aliphatic rings. The topological polar surface area (TPSA) is 58.4 Å². The van der Waals surface area contributed by atoms with Crippen molar-refractivity contribution in [1.82, 2.24) is 14.7 Å². The third kappa shape index (κ3) is 3.20. The first kappa shape index (κ1) is 12.4. The number of likely N-dealkylation sites (tertiary alicyclic amines) is 1. The number of carbonyl (C=O) groups is 1. The van der Waals surface area contributed by atoms with Crippen LogP contribution in [0, 0.1) is 0 Å². The summed E-state index contributed by atoms with van der Waals surface area (Å²) in [6, 6.07) is 0. The summed E-state index contributed by atoms with van der Waals surface area (Å²) in [6.45, 7) is 3.84. The van der Waals surface area contributed by atoms with Gasteiger partial charge in [-0.2, -0.15) is 5.10 Å². The van der Waals surface area contributed by atoms with E-state index >= 15 is 0 Å². The van der Waals surface area contributed by atoms with Crippen molar-refractivity contribution in [3.8, 4) is 0 Å². The van der Waals surface area contributed by atoms with Crippen molar-refractivity contribution >= 4 is 17.6 Å². The molecule has 0 aromatic carbocycles. The Morgan fingerprint density at radius 1 is 1.35 bits per heavy atom. The molecule has 1 saturated heterocycles. The van der Waals surface area contributed by atoms with E-state index in [-0.39, 0.29) is 10.7 Å². The van der Waals surface area contributed by atoms with E-state index in [1.54, 1.807) is 10.9 Å². The summed E-state index contributed by atoms with van der Waals surface area (Å²) in [5, 5.41) is 13.0. The van der Waals surface area contributed by atoms with Gasteiger partial charge in [0.15, 0.2) is 5.69 Å². The predicted molar refractivity (Wildman–Crippen MR) is 64.5 cm³/mol. The van der Waals surface area contributed by atoms with Crippen LogP contribution in [-0.4, -0.2) is 45.4 Å². The molecule has 0 atom stereocenters. The molecule has 2 rings (SSSR count). The van der Waals surface area contributed by atoms with Crippen LogP contribution in [0.15, 0.2) is 6.20 Å². The molecule has 0 radical (unpaired) electrons. The van der Waals surface area contributed by atoms with Crippen molar-refractivity contribution in [2.24, 2.45) is 0 Å². The molecule has 1 aromatic rings. The minimum atomic E-state index is -1.08. The van der Waals surface area contributed by atoms with Crippen molar-refractivity contribution in [1.29, 1.82) is 0 Å². The van der Waals surface area contributed by atoms with Crippen molar-refractivity contribution in [3.63, 3.8) is 0 Å². The monoisotopic (exact) mass is 257 g/mol. The van der Waals surface area contributed by atoms with Gasteiger partial charge in [0.1, 0.15) is 0 Å². The van der Waals surface area contributed by atoms with Crippen LogP contribution in [0.5, 0.6) is 0 Å². The quantitative estimate of drug-likeness (QED) is 0.892. The number of halogens is 1. The smallest absolute Gasteiger partial charge is 0.357 e. The average molecular weight is 258 g/mol. The molecular formula is C11H16ClN3O2. The molecule has 17 heavy (non-hydrogen) atoms. The summed E-state index contributed by atoms with van der Waals surface area (Å²) in [5.74, 6) is -1.08. The average Bonchev–Trinajstić information content (AvgIpc) is 2.69. The Hall–Kier alpha value is -1.07. The highest BCUT2D eigenvalue weighted by atomic mass is 35.5. The minimum Gasteiger partial charge on any atom is -0.476 e. The van der Waals surface area contributed by atoms with E-state index in [0.29, 0.717) is 6.54 Å². The molecule has 5 nitrogen and oxygen atoms in total. The Morgan fingerprint density at radius 3 is 2.65 bits per heavy atom. The Morgan fingerprint density at radius 2 is 2.06 bits per heavy atom. The summed E-state index contributed by atoms with van der Waals surface area (Å²) >= 11 is 5.78. The highest BCUT2D eigenvalue weighted by Crippen LogP contribution is 2.14. The highest BCUT2D eigenvalue weighted by molar-refractivity contribution is 6.33. The van der Waals surface area contributed by atoms with Crippen LogP contribution in [0.4, 0.5) is 0 Å². The molecule has 0 aliphatic carbocycles. The Balaban J connectivity index is 1.90. The van der Waals surface area contributed by atoms with Gasteiger partial charge in [-0.15, -0.1) is 0 Å². The first-order chi connectivity index (χ1) is 8.16. The number of nitrogens with zero attached hydrogens (tertiary/aromatic N) is 3. The van der Waals surface area contributed by atoms with Gasteiger partial charge in [-0.25, -0.2) is 4.79 Å². The maximum absolute atomic E-state index is 10.8. The second-order valence-corrected chi connectivity index (χ2v) is 4.70. The summed E-state index contributed by atoms with van der Waals surface area (Å²) in [4.78, 5) is 13.1. The standard InChI is InChI=1S/C11H16ClN3O2/c12-9-8-15(13-10(9)11(16)17)7-6-14-4-2-1-3-5-14/h8H,1-7H2,(H,16,17). The number of hydrogen-bond acceptors (Lipinski definition) is 3. The molecule has 1 N–H and O–H groups in total. The molecule has 6 heteroatoms. The number of rotatable bonds is 4. The fourth-order valence-corrected chi connectivity index (χ4v) is 2.31. The van der Waals surface area contributed by atoms with Crippen LogP contribution in [0.1, 0.15) is 29.8 Å². The first-order valence-corrected chi connectivity index (χ1v) is 6.23. The lowest BCUT2D eigenvalue weighted by atomic mass is 10.1. The number of aromatic nitrogens is 2. The zero-order valence-electron chi connectivity index (χ0n) is 9.60. The lowest BCUT2D eigenvalue weighted by Crippen LogP contribution is -2.32. The Bertz CT molecular complexity index is 399. The van der Waals surface area contributed by atoms with Gasteiger partial charge in [-0.1, -0.05) is 18.0 Å². The minimum absolute atomic E-state index is 0.0645. The lowest BCUT2D eigenvalue weighted by molar-refractivity contribution is 0.0689. The van der Waals surface area contributed by atoms with Gasteiger partial charge >= 0.3 is 5.97 Å². The molecular weight excluding hydrogens is 242 g/mol. The molecule has 0 unspecified atom stereocenters. The Kier molecular flexibility index (Phi) is 4.02. The molecule has 0 saturated carbocycles. The number of carboxylic acid groups (broad SMARTS) is 1.